The lowest BCUT2D eigenvalue weighted by molar-refractivity contribution is -0.116. The molecule has 0 fully saturated rings. The fraction of sp³-hybridized carbons (Fsp3) is 0.111. The Hall–Kier alpha value is -2.69. The van der Waals surface area contributed by atoms with E-state index in [1.165, 1.54) is 11.3 Å². The van der Waals surface area contributed by atoms with Gasteiger partial charge in [0.2, 0.25) is 15.9 Å². The highest BCUT2D eigenvalue weighted by atomic mass is 32.2. The van der Waals surface area contributed by atoms with Gasteiger partial charge in [-0.05, 0) is 18.2 Å². The minimum Gasteiger partial charge on any atom is -0.302 e. The molecule has 3 aromatic rings. The molecule has 3 rings (SSSR count). The van der Waals surface area contributed by atoms with Crippen molar-refractivity contribution >= 4 is 32.4 Å². The number of rotatable bonds is 7. The molecular formula is C18H15F2N3O3S2. The molecule has 6 nitrogen and oxygen atoms in total. The van der Waals surface area contributed by atoms with E-state index in [9.17, 15) is 22.0 Å². The Morgan fingerprint density at radius 2 is 1.82 bits per heavy atom. The van der Waals surface area contributed by atoms with Crippen molar-refractivity contribution in [1.29, 1.82) is 0 Å². The van der Waals surface area contributed by atoms with Crippen LogP contribution in [0, 0.1) is 11.6 Å². The Morgan fingerprint density at radius 3 is 2.54 bits per heavy atom. The predicted molar refractivity (Wildman–Crippen MR) is 102 cm³/mol. The normalized spacial score (nSPS) is 11.4. The number of benzene rings is 2. The van der Waals surface area contributed by atoms with Crippen molar-refractivity contribution in [2.75, 3.05) is 11.9 Å². The van der Waals surface area contributed by atoms with Crippen LogP contribution < -0.4 is 10.0 Å². The van der Waals surface area contributed by atoms with Gasteiger partial charge in [-0.15, -0.1) is 11.3 Å². The number of hydrogen-bond donors (Lipinski definition) is 2. The first kappa shape index (κ1) is 20.1. The maximum atomic E-state index is 13.2. The summed E-state index contributed by atoms with van der Waals surface area (Å²) < 4.78 is 52.4. The molecule has 28 heavy (non-hydrogen) atoms. The number of thiazole rings is 1. The van der Waals surface area contributed by atoms with E-state index in [1.54, 1.807) is 5.38 Å². The van der Waals surface area contributed by atoms with E-state index in [4.69, 9.17) is 0 Å². The van der Waals surface area contributed by atoms with E-state index in [0.29, 0.717) is 11.2 Å². The van der Waals surface area contributed by atoms with Gasteiger partial charge in [0.25, 0.3) is 0 Å². The van der Waals surface area contributed by atoms with Crippen molar-refractivity contribution in [3.05, 3.63) is 65.5 Å². The minimum absolute atomic E-state index is 0.150. The molecule has 0 saturated carbocycles. The molecule has 0 saturated heterocycles. The number of nitrogens with zero attached hydrogens (tertiary/aromatic N) is 1. The van der Waals surface area contributed by atoms with Gasteiger partial charge in [-0.1, -0.05) is 30.3 Å². The molecule has 1 heterocycles. The molecule has 0 atom stereocenters. The number of carbonyl (C=O) groups is 1. The summed E-state index contributed by atoms with van der Waals surface area (Å²) in [5.41, 5.74) is 1.64. The average molecular weight is 423 g/mol. The van der Waals surface area contributed by atoms with Crippen LogP contribution in [0.5, 0.6) is 0 Å². The van der Waals surface area contributed by atoms with Gasteiger partial charge in [0.05, 0.1) is 10.6 Å². The Balaban J connectivity index is 1.53. The van der Waals surface area contributed by atoms with Crippen molar-refractivity contribution in [3.8, 4) is 11.3 Å². The predicted octanol–water partition coefficient (Wildman–Crippen LogP) is 3.40. The summed E-state index contributed by atoms with van der Waals surface area (Å²) in [5.74, 6) is -2.84. The molecule has 0 radical (unpaired) electrons. The zero-order chi connectivity index (χ0) is 20.1. The van der Waals surface area contributed by atoms with Crippen LogP contribution in [0.1, 0.15) is 6.42 Å². The van der Waals surface area contributed by atoms with Crippen LogP contribution in [-0.4, -0.2) is 25.9 Å². The summed E-state index contributed by atoms with van der Waals surface area (Å²) in [6.45, 7) is -0.204. The Labute approximate surface area is 164 Å². The van der Waals surface area contributed by atoms with Crippen LogP contribution in [0.2, 0.25) is 0 Å². The maximum absolute atomic E-state index is 13.2. The Kier molecular flexibility index (Phi) is 6.12. The lowest BCUT2D eigenvalue weighted by Crippen LogP contribution is -2.28. The summed E-state index contributed by atoms with van der Waals surface area (Å²) in [6.07, 6.45) is -0.150. The van der Waals surface area contributed by atoms with Gasteiger partial charge in [0.15, 0.2) is 16.8 Å². The Morgan fingerprint density at radius 1 is 1.07 bits per heavy atom. The van der Waals surface area contributed by atoms with E-state index in [-0.39, 0.29) is 13.0 Å². The standard InChI is InChI=1S/C18H15F2N3O3S2/c19-14-7-6-13(10-15(14)20)28(25,26)21-9-8-17(24)23-18-22-16(11-27-18)12-4-2-1-3-5-12/h1-7,10-11,21H,8-9H2,(H,22,23,24). The van der Waals surface area contributed by atoms with Crippen molar-refractivity contribution < 1.29 is 22.0 Å². The number of hydrogen-bond acceptors (Lipinski definition) is 5. The summed E-state index contributed by atoms with van der Waals surface area (Å²) in [5, 5.41) is 4.80. The monoisotopic (exact) mass is 423 g/mol. The number of carbonyl (C=O) groups excluding carboxylic acids is 1. The average Bonchev–Trinajstić information content (AvgIpc) is 3.13. The molecule has 0 aliphatic rings. The molecule has 2 aromatic carbocycles. The third-order valence-corrected chi connectivity index (χ3v) is 5.88. The molecule has 0 unspecified atom stereocenters. The molecule has 146 valence electrons. The van der Waals surface area contributed by atoms with E-state index < -0.39 is 32.5 Å². The molecular weight excluding hydrogens is 408 g/mol. The summed E-state index contributed by atoms with van der Waals surface area (Å²) >= 11 is 1.25. The molecule has 0 aliphatic heterocycles. The highest BCUT2D eigenvalue weighted by Gasteiger charge is 2.17. The summed E-state index contributed by atoms with van der Waals surface area (Å²) in [4.78, 5) is 15.9. The van der Waals surface area contributed by atoms with Crippen LogP contribution in [0.4, 0.5) is 13.9 Å². The fourth-order valence-electron chi connectivity index (χ4n) is 2.28. The van der Waals surface area contributed by atoms with Gasteiger partial charge in [0.1, 0.15) is 0 Å². The summed E-state index contributed by atoms with van der Waals surface area (Å²) in [6, 6.07) is 11.7. The van der Waals surface area contributed by atoms with Crippen LogP contribution in [0.15, 0.2) is 58.8 Å². The third-order valence-electron chi connectivity index (χ3n) is 3.67. The van der Waals surface area contributed by atoms with Gasteiger partial charge in [-0.2, -0.15) is 0 Å². The minimum atomic E-state index is -4.05. The number of sulfonamides is 1. The number of anilines is 1. The lowest BCUT2D eigenvalue weighted by atomic mass is 10.2. The number of halogens is 2. The van der Waals surface area contributed by atoms with Crippen molar-refractivity contribution in [1.82, 2.24) is 9.71 Å². The first-order valence-corrected chi connectivity index (χ1v) is 10.5. The van der Waals surface area contributed by atoms with E-state index in [2.05, 4.69) is 15.0 Å². The van der Waals surface area contributed by atoms with Crippen molar-refractivity contribution in [3.63, 3.8) is 0 Å². The van der Waals surface area contributed by atoms with Gasteiger partial charge < -0.3 is 5.32 Å². The van der Waals surface area contributed by atoms with Gasteiger partial charge >= 0.3 is 0 Å². The zero-order valence-electron chi connectivity index (χ0n) is 14.4. The van der Waals surface area contributed by atoms with Crippen LogP contribution in [-0.2, 0) is 14.8 Å². The second-order valence-electron chi connectivity index (χ2n) is 5.68. The molecule has 2 N–H and O–H groups in total. The van der Waals surface area contributed by atoms with Crippen molar-refractivity contribution in [2.24, 2.45) is 0 Å². The van der Waals surface area contributed by atoms with Crippen LogP contribution >= 0.6 is 11.3 Å². The van der Waals surface area contributed by atoms with Gasteiger partial charge in [-0.3, -0.25) is 4.79 Å². The zero-order valence-corrected chi connectivity index (χ0v) is 16.0. The molecule has 0 aliphatic carbocycles. The first-order chi connectivity index (χ1) is 13.3. The highest BCUT2D eigenvalue weighted by Crippen LogP contribution is 2.24. The largest absolute Gasteiger partial charge is 0.302 e. The number of nitrogens with one attached hydrogen (secondary N) is 2. The topological polar surface area (TPSA) is 88.2 Å². The second-order valence-corrected chi connectivity index (χ2v) is 8.30. The van der Waals surface area contributed by atoms with Gasteiger partial charge in [-0.25, -0.2) is 26.9 Å². The summed E-state index contributed by atoms with van der Waals surface area (Å²) in [7, 11) is -4.05. The lowest BCUT2D eigenvalue weighted by Gasteiger charge is -2.07. The van der Waals surface area contributed by atoms with Gasteiger partial charge in [0, 0.05) is 23.9 Å². The Bertz CT molecular complexity index is 1090. The third kappa shape index (κ3) is 4.97. The molecule has 10 heteroatoms. The van der Waals surface area contributed by atoms with E-state index >= 15 is 0 Å². The number of aromatic nitrogens is 1. The van der Waals surface area contributed by atoms with E-state index in [1.807, 2.05) is 30.3 Å². The molecule has 1 amide bonds. The quantitative estimate of drug-likeness (QED) is 0.610. The molecule has 0 spiro atoms. The van der Waals surface area contributed by atoms with Crippen molar-refractivity contribution in [2.45, 2.75) is 11.3 Å². The van der Waals surface area contributed by atoms with E-state index in [0.717, 1.165) is 23.4 Å². The van der Waals surface area contributed by atoms with Crippen LogP contribution in [0.3, 0.4) is 0 Å². The second kappa shape index (κ2) is 8.55. The smallest absolute Gasteiger partial charge is 0.240 e. The molecule has 0 bridgehead atoms. The molecule has 1 aromatic heterocycles. The van der Waals surface area contributed by atoms with Crippen LogP contribution in [0.25, 0.3) is 11.3 Å². The first-order valence-electron chi connectivity index (χ1n) is 8.11. The number of amides is 1. The SMILES string of the molecule is O=C(CCNS(=O)(=O)c1ccc(F)c(F)c1)Nc1nc(-c2ccccc2)cs1. The highest BCUT2D eigenvalue weighted by molar-refractivity contribution is 7.89. The maximum Gasteiger partial charge on any atom is 0.240 e. The fourth-order valence-corrected chi connectivity index (χ4v) is 4.06.